The van der Waals surface area contributed by atoms with Crippen LogP contribution in [0.5, 0.6) is 0 Å². The minimum Gasteiger partial charge on any atom is -0.481 e. The number of fused-ring (bicyclic) bond motifs is 1. The Labute approximate surface area is 377 Å². The number of hydrogen-bond acceptors (Lipinski definition) is 21. The largest absolute Gasteiger partial charge is 0.481 e. The van der Waals surface area contributed by atoms with E-state index < -0.39 is 140 Å². The summed E-state index contributed by atoms with van der Waals surface area (Å²) in [7, 11) is 0. The lowest BCUT2D eigenvalue weighted by molar-refractivity contribution is -0.145. The van der Waals surface area contributed by atoms with Crippen molar-refractivity contribution in [2.24, 2.45) is 0 Å². The maximum absolute atomic E-state index is 13.6. The van der Waals surface area contributed by atoms with Crippen LogP contribution in [0.25, 0.3) is 11.2 Å². The number of nitrogen functional groups attached to an aromatic ring is 1. The summed E-state index contributed by atoms with van der Waals surface area (Å²) in [6, 6.07) is -2.95. The molecule has 29 heteroatoms. The molecule has 19 N–H and O–H groups in total. The third-order valence-corrected chi connectivity index (χ3v) is 9.66. The Hall–Kier alpha value is -6.99. The van der Waals surface area contributed by atoms with Crippen LogP contribution >= 0.6 is 0 Å². The molecule has 67 heavy (non-hydrogen) atoms. The number of H-pyrrole nitrogens is 1. The van der Waals surface area contributed by atoms with E-state index >= 15 is 0 Å². The predicted octanol–water partition coefficient (Wildman–Crippen LogP) is -7.52. The molecule has 0 unspecified atom stereocenters. The van der Waals surface area contributed by atoms with Gasteiger partial charge in [0, 0.05) is 24.2 Å². The van der Waals surface area contributed by atoms with Crippen LogP contribution in [0.4, 0.5) is 11.6 Å². The number of nitrogens with two attached hydrogens (primary N) is 1. The van der Waals surface area contributed by atoms with Crippen LogP contribution < -0.4 is 43.2 Å². The highest BCUT2D eigenvalue weighted by atomic mass is 16.4. The van der Waals surface area contributed by atoms with Gasteiger partial charge in [-0.1, -0.05) is 6.92 Å². The van der Waals surface area contributed by atoms with Gasteiger partial charge in [0.1, 0.15) is 60.8 Å². The minimum atomic E-state index is -2.53. The molecule has 0 aliphatic carbocycles. The van der Waals surface area contributed by atoms with E-state index in [1.807, 2.05) is 16.0 Å². The van der Waals surface area contributed by atoms with Crippen molar-refractivity contribution in [3.05, 3.63) is 52.1 Å². The molecule has 2 aromatic heterocycles. The number of aromatic amines is 1. The Bertz CT molecular complexity index is 2270. The second kappa shape index (κ2) is 25.6. The van der Waals surface area contributed by atoms with Gasteiger partial charge < -0.3 is 88.7 Å². The lowest BCUT2D eigenvalue weighted by Gasteiger charge is -2.31. The molecule has 0 aliphatic heterocycles. The summed E-state index contributed by atoms with van der Waals surface area (Å²) in [6.45, 7) is -0.620. The Kier molecular flexibility index (Phi) is 20.8. The highest BCUT2D eigenvalue weighted by Crippen LogP contribution is 2.14. The summed E-state index contributed by atoms with van der Waals surface area (Å²) in [5.74, 6) is -9.97. The van der Waals surface area contributed by atoms with E-state index in [1.54, 1.807) is 6.92 Å². The lowest BCUT2D eigenvalue weighted by atomic mass is 9.98. The molecule has 0 spiro atoms. The number of anilines is 2. The number of nitrogens with one attached hydrogen (secondary N) is 7. The molecule has 368 valence electrons. The van der Waals surface area contributed by atoms with Gasteiger partial charge >= 0.3 is 11.9 Å². The van der Waals surface area contributed by atoms with Crippen molar-refractivity contribution >= 4 is 64.3 Å². The van der Waals surface area contributed by atoms with Gasteiger partial charge in [0.25, 0.3) is 11.5 Å². The van der Waals surface area contributed by atoms with E-state index in [0.29, 0.717) is 17.8 Å². The number of nitrogens with zero attached hydrogens (tertiary/aromatic N) is 3. The predicted molar refractivity (Wildman–Crippen MR) is 226 cm³/mol. The average Bonchev–Trinajstić information content (AvgIpc) is 3.30. The lowest BCUT2D eigenvalue weighted by Crippen LogP contribution is -2.64. The van der Waals surface area contributed by atoms with Crippen molar-refractivity contribution in [2.75, 3.05) is 30.8 Å². The molecule has 0 saturated heterocycles. The molecule has 1 aromatic carbocycles. The molecular weight excluding hydrogens is 898 g/mol. The van der Waals surface area contributed by atoms with Crippen LogP contribution in [0.15, 0.2) is 35.3 Å². The van der Waals surface area contributed by atoms with Crippen LogP contribution in [-0.2, 0) is 35.3 Å². The van der Waals surface area contributed by atoms with E-state index in [1.165, 1.54) is 30.5 Å². The third kappa shape index (κ3) is 15.8. The summed E-state index contributed by atoms with van der Waals surface area (Å²) in [5, 5.41) is 113. The average molecular weight is 952 g/mol. The van der Waals surface area contributed by atoms with Crippen LogP contribution in [0, 0.1) is 0 Å². The Morgan fingerprint density at radius 2 is 1.34 bits per heavy atom. The van der Waals surface area contributed by atoms with Gasteiger partial charge in [-0.3, -0.25) is 38.5 Å². The first-order valence-electron chi connectivity index (χ1n) is 20.2. The molecular formula is C38H53N11O18. The fraction of sp³-hybridized carbons (Fsp3) is 0.500. The zero-order valence-electron chi connectivity index (χ0n) is 35.5. The zero-order chi connectivity index (χ0) is 50.1. The number of rotatable bonds is 27. The highest BCUT2D eigenvalue weighted by molar-refractivity contribution is 5.98. The van der Waals surface area contributed by atoms with Gasteiger partial charge in [0.15, 0.2) is 11.2 Å². The van der Waals surface area contributed by atoms with Crippen LogP contribution in [0.2, 0.25) is 0 Å². The van der Waals surface area contributed by atoms with Crippen LogP contribution in [0.3, 0.4) is 0 Å². The van der Waals surface area contributed by atoms with E-state index in [0.717, 1.165) is 0 Å². The maximum atomic E-state index is 13.6. The van der Waals surface area contributed by atoms with Crippen molar-refractivity contribution in [1.29, 1.82) is 0 Å². The molecule has 29 nitrogen and oxygen atoms in total. The van der Waals surface area contributed by atoms with Crippen molar-refractivity contribution in [3.63, 3.8) is 0 Å². The SMILES string of the molecule is CCCNC(=O)[C@@H](NC(=O)[C@H](CC(=O)O)NC(=O)[C@@H](NC(=O)CC[C@H](NC(=O)c1ccc(NCc2cnc3nc(N)[nH]c(=O)c3n2)cc1)C(=O)O)[C@@H](O)[C@H](O)[C@H](O)CO)[C@@H](O)[C@H](O)[C@H](O)CO. The topological polar surface area (TPSA) is 492 Å². The molecule has 0 saturated carbocycles. The summed E-state index contributed by atoms with van der Waals surface area (Å²) < 4.78 is 0. The first-order chi connectivity index (χ1) is 31.6. The standard InChI is InChI=1S/C38H53N11O18/c1-2-9-40-34(63)24(29(59)27(57)20(52)13-50)47-33(62)19(10-23(55)56)45-35(64)25(30(60)28(58)21(53)14-51)46-22(54)8-7-18(37(66)67)44-32(61)15-3-5-16(6-4-15)41-11-17-12-42-31-26(43-17)36(65)49-38(39)48-31/h3-6,12,18-21,24-25,27-30,41,50-53,57-60H,2,7-11,13-14H2,1H3,(H,40,63)(H,44,61)(H,45,64)(H,46,54)(H,47,62)(H,55,56)(H,66,67)(H3,39,42,48,49,65)/t18-,19-,20+,21+,24-,25-,27+,28+,29+,30+/m0/s1. The van der Waals surface area contributed by atoms with E-state index in [9.17, 15) is 89.4 Å². The molecule has 0 radical (unpaired) electrons. The number of aliphatic hydroxyl groups excluding tert-OH is 8. The van der Waals surface area contributed by atoms with Crippen LogP contribution in [-0.4, -0.2) is 193 Å². The van der Waals surface area contributed by atoms with Crippen molar-refractivity contribution in [2.45, 2.75) is 99.9 Å². The van der Waals surface area contributed by atoms with Gasteiger partial charge in [0.2, 0.25) is 29.6 Å². The summed E-state index contributed by atoms with van der Waals surface area (Å²) >= 11 is 0. The Morgan fingerprint density at radius 3 is 1.90 bits per heavy atom. The van der Waals surface area contributed by atoms with Gasteiger partial charge in [-0.05, 0) is 37.1 Å². The van der Waals surface area contributed by atoms with Crippen molar-refractivity contribution in [1.82, 2.24) is 46.5 Å². The molecule has 0 aliphatic rings. The normalized spacial score (nSPS) is 15.8. The number of carboxylic acid groups (broad SMARTS) is 2. The quantitative estimate of drug-likeness (QED) is 0.0337. The number of carbonyl (C=O) groups is 7. The molecule has 2 heterocycles. The van der Waals surface area contributed by atoms with Gasteiger partial charge in [0.05, 0.1) is 38.1 Å². The fourth-order valence-electron chi connectivity index (χ4n) is 5.94. The van der Waals surface area contributed by atoms with E-state index in [-0.39, 0.29) is 35.8 Å². The van der Waals surface area contributed by atoms with Gasteiger partial charge in [-0.15, -0.1) is 0 Å². The van der Waals surface area contributed by atoms with Gasteiger partial charge in [-0.2, -0.15) is 4.98 Å². The molecule has 3 rings (SSSR count). The van der Waals surface area contributed by atoms with E-state index in [2.05, 4.69) is 35.9 Å². The zero-order valence-corrected chi connectivity index (χ0v) is 35.5. The molecule has 0 bridgehead atoms. The third-order valence-electron chi connectivity index (χ3n) is 9.66. The smallest absolute Gasteiger partial charge is 0.326 e. The van der Waals surface area contributed by atoms with Crippen molar-refractivity contribution < 1.29 is 84.6 Å². The number of aliphatic carboxylic acids is 2. The number of amides is 5. The number of aromatic nitrogens is 4. The first kappa shape index (κ1) is 54.3. The number of benzene rings is 1. The highest BCUT2D eigenvalue weighted by Gasteiger charge is 2.41. The number of carbonyl (C=O) groups excluding carboxylic acids is 5. The minimum absolute atomic E-state index is 0.0282. The Balaban J connectivity index is 1.74. The maximum Gasteiger partial charge on any atom is 0.326 e. The summed E-state index contributed by atoms with van der Waals surface area (Å²) in [4.78, 5) is 117. The molecule has 3 aromatic rings. The molecule has 10 atom stereocenters. The fourth-order valence-corrected chi connectivity index (χ4v) is 5.94. The second-order valence-corrected chi connectivity index (χ2v) is 14.8. The Morgan fingerprint density at radius 1 is 0.746 bits per heavy atom. The molecule has 0 fully saturated rings. The van der Waals surface area contributed by atoms with Crippen molar-refractivity contribution in [3.8, 4) is 0 Å². The van der Waals surface area contributed by atoms with Crippen LogP contribution in [0.1, 0.15) is 48.7 Å². The summed E-state index contributed by atoms with van der Waals surface area (Å²) in [5.41, 5.74) is 5.70. The molecule has 5 amide bonds. The van der Waals surface area contributed by atoms with Gasteiger partial charge in [-0.25, -0.2) is 14.8 Å². The van der Waals surface area contributed by atoms with E-state index in [4.69, 9.17) is 5.73 Å². The number of carboxylic acids is 2. The number of hydrogen-bond donors (Lipinski definition) is 18. The number of aliphatic hydroxyl groups is 8. The second-order valence-electron chi connectivity index (χ2n) is 14.8. The summed E-state index contributed by atoms with van der Waals surface area (Å²) in [6.07, 6.45) is -14.8. The first-order valence-corrected chi connectivity index (χ1v) is 20.2. The monoisotopic (exact) mass is 951 g/mol.